The van der Waals surface area contributed by atoms with Gasteiger partial charge < -0.3 is 20.5 Å². The van der Waals surface area contributed by atoms with E-state index in [1.165, 1.54) is 4.90 Å². The molecule has 2 unspecified atom stereocenters. The Morgan fingerprint density at radius 1 is 1.17 bits per heavy atom. The van der Waals surface area contributed by atoms with Crippen molar-refractivity contribution < 1.29 is 23.9 Å². The first kappa shape index (κ1) is 27.3. The fourth-order valence-electron chi connectivity index (χ4n) is 4.18. The second-order valence-corrected chi connectivity index (χ2v) is 10.2. The number of carbonyl (C=O) groups is 3. The lowest BCUT2D eigenvalue weighted by molar-refractivity contribution is -0.119. The van der Waals surface area contributed by atoms with Gasteiger partial charge in [-0.1, -0.05) is 18.0 Å². The standard InChI is InChI=1S/C26H33ClN4O5/c1-26(2,3)36-25(34)31(20-7-9-29-10-8-20)11-12-35-21-14-18(13-19(27)16-21)24(33)30-22-6-4-5-17(22)15-23(28)32/h7-10,13-14,16-17,22H,4-6,11-12,15H2,1-3H3,(H2,28,32)(H,30,33). The molecule has 10 heteroatoms. The molecule has 1 aliphatic carbocycles. The number of rotatable bonds is 9. The molecule has 36 heavy (non-hydrogen) atoms. The Bertz CT molecular complexity index is 1070. The summed E-state index contributed by atoms with van der Waals surface area (Å²) in [4.78, 5) is 42.5. The summed E-state index contributed by atoms with van der Waals surface area (Å²) in [6.07, 6.45) is 5.50. The zero-order valence-electron chi connectivity index (χ0n) is 20.8. The zero-order valence-corrected chi connectivity index (χ0v) is 21.6. The van der Waals surface area contributed by atoms with Crippen LogP contribution in [0.15, 0.2) is 42.7 Å². The predicted octanol–water partition coefficient (Wildman–Crippen LogP) is 4.33. The highest BCUT2D eigenvalue weighted by atomic mass is 35.5. The Hall–Kier alpha value is -3.33. The number of aromatic nitrogens is 1. The van der Waals surface area contributed by atoms with Crippen LogP contribution in [0.5, 0.6) is 5.75 Å². The van der Waals surface area contributed by atoms with Gasteiger partial charge in [0, 0.05) is 35.4 Å². The topological polar surface area (TPSA) is 124 Å². The van der Waals surface area contributed by atoms with Crippen molar-refractivity contribution in [1.29, 1.82) is 0 Å². The third kappa shape index (κ3) is 8.12. The maximum atomic E-state index is 12.9. The molecule has 3 amide bonds. The molecule has 0 bridgehead atoms. The minimum Gasteiger partial charge on any atom is -0.492 e. The van der Waals surface area contributed by atoms with E-state index >= 15 is 0 Å². The quantitative estimate of drug-likeness (QED) is 0.511. The third-order valence-electron chi connectivity index (χ3n) is 5.74. The summed E-state index contributed by atoms with van der Waals surface area (Å²) in [5, 5.41) is 3.34. The van der Waals surface area contributed by atoms with E-state index in [1.807, 2.05) is 0 Å². The van der Waals surface area contributed by atoms with Crippen LogP contribution in [-0.4, -0.2) is 47.7 Å². The van der Waals surface area contributed by atoms with E-state index in [-0.39, 0.29) is 43.3 Å². The summed E-state index contributed by atoms with van der Waals surface area (Å²) >= 11 is 6.26. The fraction of sp³-hybridized carbons (Fsp3) is 0.462. The van der Waals surface area contributed by atoms with Crippen LogP contribution in [0.4, 0.5) is 10.5 Å². The Labute approximate surface area is 216 Å². The molecule has 1 aromatic carbocycles. The van der Waals surface area contributed by atoms with E-state index in [0.717, 1.165) is 19.3 Å². The number of amides is 3. The number of nitrogens with two attached hydrogens (primary N) is 1. The van der Waals surface area contributed by atoms with Crippen LogP contribution in [0, 0.1) is 5.92 Å². The molecule has 3 rings (SSSR count). The normalized spacial score (nSPS) is 17.3. The molecule has 0 spiro atoms. The second-order valence-electron chi connectivity index (χ2n) is 9.80. The first-order valence-corrected chi connectivity index (χ1v) is 12.3. The van der Waals surface area contributed by atoms with Gasteiger partial charge in [0.05, 0.1) is 12.2 Å². The molecule has 0 radical (unpaired) electrons. The van der Waals surface area contributed by atoms with Crippen LogP contribution in [0.1, 0.15) is 56.8 Å². The number of hydrogen-bond donors (Lipinski definition) is 2. The Kier molecular flexibility index (Phi) is 9.14. The van der Waals surface area contributed by atoms with Crippen molar-refractivity contribution in [3.05, 3.63) is 53.3 Å². The number of carbonyl (C=O) groups excluding carboxylic acids is 3. The Morgan fingerprint density at radius 3 is 2.56 bits per heavy atom. The summed E-state index contributed by atoms with van der Waals surface area (Å²) in [6.45, 7) is 5.72. The summed E-state index contributed by atoms with van der Waals surface area (Å²) in [5.74, 6) is -0.234. The average Bonchev–Trinajstić information content (AvgIpc) is 3.21. The minimum atomic E-state index is -0.659. The molecule has 1 fully saturated rings. The SMILES string of the molecule is CC(C)(C)OC(=O)N(CCOc1cc(Cl)cc(C(=O)NC2CCCC2CC(N)=O)c1)c1ccncc1. The largest absolute Gasteiger partial charge is 0.492 e. The van der Waals surface area contributed by atoms with Crippen LogP contribution in [-0.2, 0) is 9.53 Å². The van der Waals surface area contributed by atoms with Crippen molar-refractivity contribution in [1.82, 2.24) is 10.3 Å². The lowest BCUT2D eigenvalue weighted by Gasteiger charge is -2.27. The van der Waals surface area contributed by atoms with E-state index in [1.54, 1.807) is 63.5 Å². The van der Waals surface area contributed by atoms with Gasteiger partial charge in [0.2, 0.25) is 5.91 Å². The molecule has 2 atom stereocenters. The summed E-state index contributed by atoms with van der Waals surface area (Å²) in [5.41, 5.74) is 5.66. The van der Waals surface area contributed by atoms with E-state index in [0.29, 0.717) is 22.0 Å². The molecule has 2 aromatic rings. The number of ether oxygens (including phenoxy) is 2. The predicted molar refractivity (Wildman–Crippen MR) is 137 cm³/mol. The first-order chi connectivity index (χ1) is 17.0. The summed E-state index contributed by atoms with van der Waals surface area (Å²) < 4.78 is 11.4. The minimum absolute atomic E-state index is 0.0355. The van der Waals surface area contributed by atoms with Gasteiger partial charge in [0.1, 0.15) is 18.0 Å². The van der Waals surface area contributed by atoms with Gasteiger partial charge in [-0.05, 0) is 69.9 Å². The molecule has 1 saturated carbocycles. The number of hydrogen-bond acceptors (Lipinski definition) is 6. The lowest BCUT2D eigenvalue weighted by Crippen LogP contribution is -2.39. The molecular formula is C26H33ClN4O5. The molecule has 194 valence electrons. The van der Waals surface area contributed by atoms with Crippen LogP contribution in [0.2, 0.25) is 5.02 Å². The van der Waals surface area contributed by atoms with Gasteiger partial charge in [-0.15, -0.1) is 0 Å². The average molecular weight is 517 g/mol. The van der Waals surface area contributed by atoms with Gasteiger partial charge in [-0.25, -0.2) is 4.79 Å². The molecular weight excluding hydrogens is 484 g/mol. The van der Waals surface area contributed by atoms with E-state index in [4.69, 9.17) is 26.8 Å². The van der Waals surface area contributed by atoms with Crippen molar-refractivity contribution in [3.8, 4) is 5.75 Å². The number of anilines is 1. The first-order valence-electron chi connectivity index (χ1n) is 11.9. The molecule has 0 aliphatic heterocycles. The highest BCUT2D eigenvalue weighted by Crippen LogP contribution is 2.29. The summed E-state index contributed by atoms with van der Waals surface area (Å²) in [7, 11) is 0. The zero-order chi connectivity index (χ0) is 26.3. The van der Waals surface area contributed by atoms with E-state index in [9.17, 15) is 14.4 Å². The molecule has 0 saturated heterocycles. The van der Waals surface area contributed by atoms with Crippen LogP contribution in [0.3, 0.4) is 0 Å². The number of halogens is 1. The van der Waals surface area contributed by atoms with Gasteiger partial charge >= 0.3 is 6.09 Å². The second kappa shape index (κ2) is 12.1. The number of pyridine rings is 1. The number of benzene rings is 1. The maximum absolute atomic E-state index is 12.9. The van der Waals surface area contributed by atoms with Crippen LogP contribution < -0.4 is 20.7 Å². The third-order valence-corrected chi connectivity index (χ3v) is 5.96. The van der Waals surface area contributed by atoms with Crippen LogP contribution >= 0.6 is 11.6 Å². The summed E-state index contributed by atoms with van der Waals surface area (Å²) in [6, 6.07) is 8.07. The van der Waals surface area contributed by atoms with Crippen LogP contribution in [0.25, 0.3) is 0 Å². The highest BCUT2D eigenvalue weighted by Gasteiger charge is 2.30. The molecule has 1 aromatic heterocycles. The molecule has 1 heterocycles. The lowest BCUT2D eigenvalue weighted by atomic mass is 9.99. The monoisotopic (exact) mass is 516 g/mol. The Balaban J connectivity index is 1.65. The van der Waals surface area contributed by atoms with Gasteiger partial charge in [-0.3, -0.25) is 19.5 Å². The van der Waals surface area contributed by atoms with Crippen molar-refractivity contribution >= 4 is 35.2 Å². The molecule has 3 N–H and O–H groups in total. The Morgan fingerprint density at radius 2 is 1.89 bits per heavy atom. The number of primary amides is 1. The molecule has 9 nitrogen and oxygen atoms in total. The van der Waals surface area contributed by atoms with Crippen molar-refractivity contribution in [2.45, 2.75) is 58.1 Å². The smallest absolute Gasteiger partial charge is 0.414 e. The maximum Gasteiger partial charge on any atom is 0.414 e. The number of nitrogens with zero attached hydrogens (tertiary/aromatic N) is 2. The fourth-order valence-corrected chi connectivity index (χ4v) is 4.41. The van der Waals surface area contributed by atoms with Crippen molar-refractivity contribution in [2.24, 2.45) is 11.7 Å². The van der Waals surface area contributed by atoms with Crippen molar-refractivity contribution in [3.63, 3.8) is 0 Å². The van der Waals surface area contributed by atoms with Gasteiger partial charge in [0.25, 0.3) is 5.91 Å². The van der Waals surface area contributed by atoms with Gasteiger partial charge in [0.15, 0.2) is 0 Å². The van der Waals surface area contributed by atoms with E-state index in [2.05, 4.69) is 10.3 Å². The molecule has 1 aliphatic rings. The van der Waals surface area contributed by atoms with E-state index < -0.39 is 11.7 Å². The van der Waals surface area contributed by atoms with Gasteiger partial charge in [-0.2, -0.15) is 0 Å². The van der Waals surface area contributed by atoms with Crippen molar-refractivity contribution in [2.75, 3.05) is 18.1 Å². The number of nitrogens with one attached hydrogen (secondary N) is 1. The highest BCUT2D eigenvalue weighted by molar-refractivity contribution is 6.31.